The molecule has 5 heteroatoms. The summed E-state index contributed by atoms with van der Waals surface area (Å²) in [4.78, 5) is 21.5. The number of nitrogens with one attached hydrogen (secondary N) is 1. The van der Waals surface area contributed by atoms with Gasteiger partial charge in [-0.3, -0.25) is 4.79 Å². The monoisotopic (exact) mass is 386 g/mol. The zero-order chi connectivity index (χ0) is 20.2. The van der Waals surface area contributed by atoms with E-state index in [1.807, 2.05) is 29.2 Å². The Morgan fingerprint density at radius 3 is 2.38 bits per heavy atom. The fourth-order valence-electron chi connectivity index (χ4n) is 3.59. The van der Waals surface area contributed by atoms with Gasteiger partial charge < -0.3 is 15.1 Å². The highest BCUT2D eigenvalue weighted by Gasteiger charge is 2.23. The minimum atomic E-state index is -0.00371. The normalized spacial score (nSPS) is 14.0. The lowest BCUT2D eigenvalue weighted by molar-refractivity contribution is 0.0741. The zero-order valence-electron chi connectivity index (χ0n) is 16.9. The number of para-hydroxylation sites is 1. The third-order valence-electron chi connectivity index (χ3n) is 5.34. The molecule has 0 radical (unpaired) electrons. The first-order valence-corrected chi connectivity index (χ1v) is 10.00. The fraction of sp³-hybridized carbons (Fsp3) is 0.250. The van der Waals surface area contributed by atoms with Crippen LogP contribution in [0.4, 0.5) is 17.1 Å². The van der Waals surface area contributed by atoms with Gasteiger partial charge in [-0.25, -0.2) is 4.98 Å². The molecule has 0 spiro atoms. The summed E-state index contributed by atoms with van der Waals surface area (Å²) in [6.07, 6.45) is 1.73. The van der Waals surface area contributed by atoms with Crippen LogP contribution in [0.3, 0.4) is 0 Å². The molecule has 1 aliphatic heterocycles. The van der Waals surface area contributed by atoms with E-state index in [0.29, 0.717) is 18.8 Å². The Balaban J connectivity index is 1.38. The van der Waals surface area contributed by atoms with Crippen molar-refractivity contribution < 1.29 is 4.79 Å². The van der Waals surface area contributed by atoms with Crippen molar-refractivity contribution in [3.63, 3.8) is 0 Å². The maximum absolute atomic E-state index is 12.8. The molecule has 1 aliphatic rings. The lowest BCUT2D eigenvalue weighted by Gasteiger charge is -2.36. The average molecular weight is 386 g/mol. The summed E-state index contributed by atoms with van der Waals surface area (Å²) in [6.45, 7) is 7.23. The van der Waals surface area contributed by atoms with Crippen molar-refractivity contribution in [1.82, 2.24) is 9.88 Å². The maximum Gasteiger partial charge on any atom is 0.272 e. The van der Waals surface area contributed by atoms with Gasteiger partial charge in [-0.15, -0.1) is 0 Å². The molecule has 0 bridgehead atoms. The minimum absolute atomic E-state index is 0.00371. The maximum atomic E-state index is 12.8. The Morgan fingerprint density at radius 2 is 1.69 bits per heavy atom. The van der Waals surface area contributed by atoms with Gasteiger partial charge in [0.25, 0.3) is 5.91 Å². The number of amides is 1. The molecule has 1 aromatic heterocycles. The Bertz CT molecular complexity index is 978. The molecule has 3 aromatic rings. The van der Waals surface area contributed by atoms with Gasteiger partial charge in [0.2, 0.25) is 0 Å². The molecule has 4 rings (SSSR count). The molecule has 1 fully saturated rings. The smallest absolute Gasteiger partial charge is 0.272 e. The number of anilines is 3. The summed E-state index contributed by atoms with van der Waals surface area (Å²) >= 11 is 0. The van der Waals surface area contributed by atoms with Crippen molar-refractivity contribution in [1.29, 1.82) is 0 Å². The summed E-state index contributed by atoms with van der Waals surface area (Å²) in [7, 11) is 0. The van der Waals surface area contributed by atoms with Gasteiger partial charge in [0.05, 0.1) is 11.9 Å². The first kappa shape index (κ1) is 19.0. The zero-order valence-corrected chi connectivity index (χ0v) is 16.9. The van der Waals surface area contributed by atoms with E-state index in [9.17, 15) is 4.79 Å². The number of benzene rings is 2. The first-order chi connectivity index (χ1) is 14.1. The van der Waals surface area contributed by atoms with Gasteiger partial charge >= 0.3 is 0 Å². The van der Waals surface area contributed by atoms with Crippen molar-refractivity contribution in [2.75, 3.05) is 36.4 Å². The summed E-state index contributed by atoms with van der Waals surface area (Å²) in [5, 5.41) is 3.39. The number of aromatic nitrogens is 1. The molecule has 5 nitrogen and oxygen atoms in total. The number of hydrogen-bond donors (Lipinski definition) is 1. The van der Waals surface area contributed by atoms with E-state index >= 15 is 0 Å². The average Bonchev–Trinajstić information content (AvgIpc) is 2.77. The number of piperazine rings is 1. The van der Waals surface area contributed by atoms with Crippen LogP contribution in [0.15, 0.2) is 66.9 Å². The number of carbonyl (C=O) groups excluding carboxylic acids is 1. The van der Waals surface area contributed by atoms with Crippen LogP contribution < -0.4 is 10.2 Å². The number of nitrogens with zero attached hydrogens (tertiary/aromatic N) is 3. The molecule has 2 heterocycles. The Hall–Kier alpha value is -3.34. The minimum Gasteiger partial charge on any atom is -0.368 e. The summed E-state index contributed by atoms with van der Waals surface area (Å²) in [6, 6.07) is 20.4. The van der Waals surface area contributed by atoms with E-state index in [-0.39, 0.29) is 5.91 Å². The number of rotatable bonds is 4. The van der Waals surface area contributed by atoms with Crippen molar-refractivity contribution in [3.05, 3.63) is 83.7 Å². The number of pyridine rings is 1. The van der Waals surface area contributed by atoms with Gasteiger partial charge in [-0.2, -0.15) is 0 Å². The van der Waals surface area contributed by atoms with Gasteiger partial charge in [0.15, 0.2) is 0 Å². The quantitative estimate of drug-likeness (QED) is 0.722. The first-order valence-electron chi connectivity index (χ1n) is 10.00. The van der Waals surface area contributed by atoms with E-state index in [1.54, 1.807) is 12.3 Å². The number of hydrogen-bond acceptors (Lipinski definition) is 4. The van der Waals surface area contributed by atoms with E-state index in [2.05, 4.69) is 59.4 Å². The second kappa shape index (κ2) is 8.35. The standard InChI is InChI=1S/C24H26N4O/c1-18-8-9-19(2)23(16-18)26-20-10-11-22(25-17-20)24(29)28-14-12-27(13-15-28)21-6-4-3-5-7-21/h3-11,16-17,26H,12-15H2,1-2H3. The van der Waals surface area contributed by atoms with Crippen molar-refractivity contribution in [3.8, 4) is 0 Å². The molecule has 148 valence electrons. The third kappa shape index (κ3) is 4.40. The fourth-order valence-corrected chi connectivity index (χ4v) is 3.59. The van der Waals surface area contributed by atoms with Crippen LogP contribution in [0.5, 0.6) is 0 Å². The van der Waals surface area contributed by atoms with E-state index in [1.165, 1.54) is 16.8 Å². The molecule has 0 aliphatic carbocycles. The van der Waals surface area contributed by atoms with E-state index < -0.39 is 0 Å². The number of aryl methyl sites for hydroxylation is 2. The van der Waals surface area contributed by atoms with E-state index in [0.717, 1.165) is 24.5 Å². The van der Waals surface area contributed by atoms with Gasteiger partial charge in [0.1, 0.15) is 5.69 Å². The van der Waals surface area contributed by atoms with Gasteiger partial charge in [-0.1, -0.05) is 30.3 Å². The molecule has 1 N–H and O–H groups in total. The predicted octanol–water partition coefficient (Wildman–Crippen LogP) is 4.40. The molecule has 0 atom stereocenters. The second-order valence-corrected chi connectivity index (χ2v) is 7.49. The van der Waals surface area contributed by atoms with Crippen LogP contribution in [-0.4, -0.2) is 42.0 Å². The van der Waals surface area contributed by atoms with Gasteiger partial charge in [0, 0.05) is 37.6 Å². The largest absolute Gasteiger partial charge is 0.368 e. The molecule has 0 saturated carbocycles. The number of carbonyl (C=O) groups is 1. The summed E-state index contributed by atoms with van der Waals surface area (Å²) < 4.78 is 0. The highest BCUT2D eigenvalue weighted by molar-refractivity contribution is 5.92. The van der Waals surface area contributed by atoms with Crippen LogP contribution in [0.1, 0.15) is 21.6 Å². The molecule has 1 amide bonds. The lowest BCUT2D eigenvalue weighted by Crippen LogP contribution is -2.49. The lowest BCUT2D eigenvalue weighted by atomic mass is 10.1. The van der Waals surface area contributed by atoms with Crippen LogP contribution in [-0.2, 0) is 0 Å². The van der Waals surface area contributed by atoms with Crippen LogP contribution in [0.2, 0.25) is 0 Å². The molecular formula is C24H26N4O. The summed E-state index contributed by atoms with van der Waals surface area (Å²) in [5.74, 6) is -0.00371. The van der Waals surface area contributed by atoms with Crippen LogP contribution >= 0.6 is 0 Å². The van der Waals surface area contributed by atoms with E-state index in [4.69, 9.17) is 0 Å². The van der Waals surface area contributed by atoms with Gasteiger partial charge in [-0.05, 0) is 55.3 Å². The molecular weight excluding hydrogens is 360 g/mol. The topological polar surface area (TPSA) is 48.5 Å². The second-order valence-electron chi connectivity index (χ2n) is 7.49. The van der Waals surface area contributed by atoms with Crippen molar-refractivity contribution in [2.24, 2.45) is 0 Å². The predicted molar refractivity (Wildman–Crippen MR) is 118 cm³/mol. The molecule has 0 unspecified atom stereocenters. The van der Waals surface area contributed by atoms with Crippen molar-refractivity contribution >= 4 is 23.0 Å². The van der Waals surface area contributed by atoms with Crippen LogP contribution in [0, 0.1) is 13.8 Å². The SMILES string of the molecule is Cc1ccc(C)c(Nc2ccc(C(=O)N3CCN(c4ccccc4)CC3)nc2)c1. The highest BCUT2D eigenvalue weighted by atomic mass is 16.2. The van der Waals surface area contributed by atoms with Crippen molar-refractivity contribution in [2.45, 2.75) is 13.8 Å². The molecule has 2 aromatic carbocycles. The summed E-state index contributed by atoms with van der Waals surface area (Å²) in [5.41, 5.74) is 6.01. The third-order valence-corrected chi connectivity index (χ3v) is 5.34. The Kier molecular flexibility index (Phi) is 5.47. The Morgan fingerprint density at radius 1 is 0.931 bits per heavy atom. The Labute approximate surface area is 172 Å². The molecule has 1 saturated heterocycles. The highest BCUT2D eigenvalue weighted by Crippen LogP contribution is 2.22. The molecule has 29 heavy (non-hydrogen) atoms. The van der Waals surface area contributed by atoms with Crippen LogP contribution in [0.25, 0.3) is 0 Å².